The van der Waals surface area contributed by atoms with Crippen LogP contribution in [0.15, 0.2) is 21.0 Å². The number of ether oxygens (including phenoxy) is 1. The highest BCUT2D eigenvalue weighted by Gasteiger charge is 2.34. The molecule has 3 rings (SSSR count). The van der Waals surface area contributed by atoms with E-state index >= 15 is 0 Å². The first-order valence-electron chi connectivity index (χ1n) is 7.57. The summed E-state index contributed by atoms with van der Waals surface area (Å²) < 4.78 is 12.4. The summed E-state index contributed by atoms with van der Waals surface area (Å²) in [6.07, 6.45) is 0.354. The number of halogens is 2. The van der Waals surface area contributed by atoms with Crippen LogP contribution >= 0.6 is 27.5 Å². The van der Waals surface area contributed by atoms with Crippen molar-refractivity contribution in [3.8, 4) is 0 Å². The molecule has 1 aliphatic heterocycles. The standard InChI is InChI=1S/C17H19BrClNO3/c1-9-14-11-7-10(18)8-12(19)15(11)22-13(14)5-6-20(9)16(21)23-17(2,3)4/h7-9H,5-6H2,1-4H3. The molecule has 1 unspecified atom stereocenters. The van der Waals surface area contributed by atoms with Crippen molar-refractivity contribution in [2.75, 3.05) is 6.54 Å². The lowest BCUT2D eigenvalue weighted by Gasteiger charge is -2.34. The number of hydrogen-bond donors (Lipinski definition) is 0. The minimum absolute atomic E-state index is 0.125. The summed E-state index contributed by atoms with van der Waals surface area (Å²) >= 11 is 9.75. The minimum Gasteiger partial charge on any atom is -0.459 e. The van der Waals surface area contributed by atoms with Gasteiger partial charge in [0.1, 0.15) is 11.4 Å². The van der Waals surface area contributed by atoms with E-state index in [-0.39, 0.29) is 12.1 Å². The Labute approximate surface area is 148 Å². The molecule has 23 heavy (non-hydrogen) atoms. The Balaban J connectivity index is 2.02. The monoisotopic (exact) mass is 399 g/mol. The molecule has 0 radical (unpaired) electrons. The predicted octanol–water partition coefficient (Wildman–Crippen LogP) is 5.70. The normalized spacial score (nSPS) is 18.2. The van der Waals surface area contributed by atoms with E-state index in [1.165, 1.54) is 0 Å². The van der Waals surface area contributed by atoms with Crippen molar-refractivity contribution < 1.29 is 13.9 Å². The van der Waals surface area contributed by atoms with Gasteiger partial charge >= 0.3 is 6.09 Å². The van der Waals surface area contributed by atoms with Crippen molar-refractivity contribution in [1.82, 2.24) is 4.90 Å². The van der Waals surface area contributed by atoms with Crippen molar-refractivity contribution in [2.24, 2.45) is 0 Å². The fraction of sp³-hybridized carbons (Fsp3) is 0.471. The highest BCUT2D eigenvalue weighted by atomic mass is 79.9. The lowest BCUT2D eigenvalue weighted by Crippen LogP contribution is -2.41. The Bertz CT molecular complexity index is 778. The van der Waals surface area contributed by atoms with E-state index in [2.05, 4.69) is 15.9 Å². The zero-order chi connectivity index (χ0) is 16.9. The molecule has 1 aromatic carbocycles. The predicted molar refractivity (Wildman–Crippen MR) is 94.0 cm³/mol. The van der Waals surface area contributed by atoms with Gasteiger partial charge in [-0.15, -0.1) is 0 Å². The Hall–Kier alpha value is -1.20. The van der Waals surface area contributed by atoms with Crippen LogP contribution in [0.1, 0.15) is 45.1 Å². The number of furan rings is 1. The molecule has 0 N–H and O–H groups in total. The van der Waals surface area contributed by atoms with Gasteiger partial charge in [-0.1, -0.05) is 27.5 Å². The van der Waals surface area contributed by atoms with Gasteiger partial charge in [-0.05, 0) is 39.8 Å². The summed E-state index contributed by atoms with van der Waals surface area (Å²) in [7, 11) is 0. The third-order valence-corrected chi connectivity index (χ3v) is 4.66. The van der Waals surface area contributed by atoms with Gasteiger partial charge in [0.05, 0.1) is 11.1 Å². The van der Waals surface area contributed by atoms with Gasteiger partial charge in [0.15, 0.2) is 5.58 Å². The molecular formula is C17H19BrClNO3. The number of rotatable bonds is 0. The van der Waals surface area contributed by atoms with Gasteiger partial charge in [-0.2, -0.15) is 0 Å². The Morgan fingerprint density at radius 3 is 2.78 bits per heavy atom. The third-order valence-electron chi connectivity index (χ3n) is 3.92. The zero-order valence-corrected chi connectivity index (χ0v) is 15.9. The number of carbonyl (C=O) groups excluding carboxylic acids is 1. The average molecular weight is 401 g/mol. The molecule has 0 fully saturated rings. The number of carbonyl (C=O) groups is 1. The lowest BCUT2D eigenvalue weighted by molar-refractivity contribution is 0.0155. The second kappa shape index (κ2) is 5.71. The van der Waals surface area contributed by atoms with Crippen molar-refractivity contribution in [3.05, 3.63) is 33.0 Å². The smallest absolute Gasteiger partial charge is 0.410 e. The summed E-state index contributed by atoms with van der Waals surface area (Å²) in [5, 5.41) is 1.51. The van der Waals surface area contributed by atoms with Crippen LogP contribution in [0, 0.1) is 0 Å². The highest BCUT2D eigenvalue weighted by Crippen LogP contribution is 2.41. The van der Waals surface area contributed by atoms with Crippen LogP contribution in [0.5, 0.6) is 0 Å². The molecule has 1 aromatic heterocycles. The maximum absolute atomic E-state index is 12.5. The second-order valence-electron chi connectivity index (χ2n) is 6.80. The molecule has 2 heterocycles. The molecule has 4 nitrogen and oxygen atoms in total. The van der Waals surface area contributed by atoms with Crippen LogP contribution in [0.25, 0.3) is 11.0 Å². The minimum atomic E-state index is -0.512. The lowest BCUT2D eigenvalue weighted by atomic mass is 9.97. The van der Waals surface area contributed by atoms with E-state index in [4.69, 9.17) is 20.8 Å². The second-order valence-corrected chi connectivity index (χ2v) is 8.13. The van der Waals surface area contributed by atoms with E-state index in [0.717, 1.165) is 21.2 Å². The van der Waals surface area contributed by atoms with Gasteiger partial charge in [-0.25, -0.2) is 4.79 Å². The molecule has 0 aliphatic carbocycles. The van der Waals surface area contributed by atoms with Crippen LogP contribution in [0.3, 0.4) is 0 Å². The fourth-order valence-electron chi connectivity index (χ4n) is 2.98. The maximum atomic E-state index is 12.5. The maximum Gasteiger partial charge on any atom is 0.410 e. The largest absolute Gasteiger partial charge is 0.459 e. The number of amides is 1. The Morgan fingerprint density at radius 2 is 2.13 bits per heavy atom. The fourth-order valence-corrected chi connectivity index (χ4v) is 3.83. The van der Waals surface area contributed by atoms with Crippen molar-refractivity contribution in [2.45, 2.75) is 45.8 Å². The molecule has 2 aromatic rings. The van der Waals surface area contributed by atoms with E-state index in [1.807, 2.05) is 39.8 Å². The average Bonchev–Trinajstić information content (AvgIpc) is 2.76. The summed E-state index contributed by atoms with van der Waals surface area (Å²) in [5.74, 6) is 0.896. The Kier molecular flexibility index (Phi) is 4.13. The first kappa shape index (κ1) is 16.7. The van der Waals surface area contributed by atoms with Gasteiger partial charge in [0, 0.05) is 28.4 Å². The van der Waals surface area contributed by atoms with E-state index in [9.17, 15) is 4.79 Å². The van der Waals surface area contributed by atoms with Crippen LogP contribution in [-0.2, 0) is 11.2 Å². The summed E-state index contributed by atoms with van der Waals surface area (Å²) in [4.78, 5) is 14.2. The molecular weight excluding hydrogens is 382 g/mol. The van der Waals surface area contributed by atoms with Crippen molar-refractivity contribution >= 4 is 44.6 Å². The zero-order valence-electron chi connectivity index (χ0n) is 13.6. The van der Waals surface area contributed by atoms with Gasteiger partial charge < -0.3 is 14.1 Å². The van der Waals surface area contributed by atoms with Crippen LogP contribution in [0.2, 0.25) is 5.02 Å². The molecule has 1 amide bonds. The summed E-state index contributed by atoms with van der Waals surface area (Å²) in [6.45, 7) is 8.17. The van der Waals surface area contributed by atoms with E-state index in [1.54, 1.807) is 4.90 Å². The molecule has 1 atom stereocenters. The highest BCUT2D eigenvalue weighted by molar-refractivity contribution is 9.10. The van der Waals surface area contributed by atoms with Crippen LogP contribution in [-0.4, -0.2) is 23.1 Å². The Morgan fingerprint density at radius 1 is 1.43 bits per heavy atom. The molecule has 0 saturated carbocycles. The summed E-state index contributed by atoms with van der Waals surface area (Å²) in [6, 6.07) is 3.67. The number of fused-ring (bicyclic) bond motifs is 3. The molecule has 0 saturated heterocycles. The quantitative estimate of drug-likeness (QED) is 0.569. The van der Waals surface area contributed by atoms with E-state index < -0.39 is 5.60 Å². The molecule has 1 aliphatic rings. The third kappa shape index (κ3) is 3.09. The first-order chi connectivity index (χ1) is 10.7. The van der Waals surface area contributed by atoms with Gasteiger partial charge in [-0.3, -0.25) is 0 Å². The van der Waals surface area contributed by atoms with E-state index in [0.29, 0.717) is 23.6 Å². The summed E-state index contributed by atoms with van der Waals surface area (Å²) in [5.41, 5.74) is 1.18. The van der Waals surface area contributed by atoms with Gasteiger partial charge in [0.25, 0.3) is 0 Å². The number of benzene rings is 1. The number of nitrogens with zero attached hydrogens (tertiary/aromatic N) is 1. The van der Waals surface area contributed by atoms with Crippen molar-refractivity contribution in [1.29, 1.82) is 0 Å². The van der Waals surface area contributed by atoms with Gasteiger partial charge in [0.2, 0.25) is 0 Å². The molecule has 124 valence electrons. The van der Waals surface area contributed by atoms with Crippen LogP contribution < -0.4 is 0 Å². The molecule has 0 spiro atoms. The topological polar surface area (TPSA) is 42.7 Å². The number of hydrogen-bond acceptors (Lipinski definition) is 3. The SMILES string of the molecule is CC1c2c(oc3c(Cl)cc(Br)cc23)CCN1C(=O)OC(C)(C)C. The molecule has 6 heteroatoms. The first-order valence-corrected chi connectivity index (χ1v) is 8.74. The molecule has 0 bridgehead atoms. The van der Waals surface area contributed by atoms with Crippen LogP contribution in [0.4, 0.5) is 4.79 Å². The van der Waals surface area contributed by atoms with Crippen molar-refractivity contribution in [3.63, 3.8) is 0 Å².